The maximum Gasteiger partial charge on any atom is 0.263 e. The third kappa shape index (κ3) is 2.60. The SMILES string of the molecule is Cc1ccc(S(=O)(=O)Nc2ncccc2O)cc1. The molecule has 0 aliphatic rings. The van der Waals surface area contributed by atoms with Crippen LogP contribution in [0.1, 0.15) is 5.56 Å². The zero-order valence-corrected chi connectivity index (χ0v) is 10.5. The first-order valence-electron chi connectivity index (χ1n) is 5.22. The van der Waals surface area contributed by atoms with Gasteiger partial charge in [-0.1, -0.05) is 17.7 Å². The number of benzene rings is 1. The van der Waals surface area contributed by atoms with E-state index in [-0.39, 0.29) is 16.5 Å². The Morgan fingerprint density at radius 2 is 1.83 bits per heavy atom. The largest absolute Gasteiger partial charge is 0.504 e. The molecule has 0 saturated carbocycles. The second-order valence-electron chi connectivity index (χ2n) is 3.79. The van der Waals surface area contributed by atoms with Crippen LogP contribution in [0.15, 0.2) is 47.5 Å². The molecule has 0 fully saturated rings. The molecule has 2 rings (SSSR count). The molecule has 2 N–H and O–H groups in total. The van der Waals surface area contributed by atoms with Gasteiger partial charge in [-0.2, -0.15) is 0 Å². The first-order valence-corrected chi connectivity index (χ1v) is 6.71. The highest BCUT2D eigenvalue weighted by Crippen LogP contribution is 2.22. The van der Waals surface area contributed by atoms with Crippen molar-refractivity contribution in [3.05, 3.63) is 48.2 Å². The highest BCUT2D eigenvalue weighted by atomic mass is 32.2. The minimum atomic E-state index is -3.73. The van der Waals surface area contributed by atoms with Gasteiger partial charge >= 0.3 is 0 Å². The van der Waals surface area contributed by atoms with Crippen molar-refractivity contribution in [3.8, 4) is 5.75 Å². The molecule has 1 aromatic heterocycles. The van der Waals surface area contributed by atoms with E-state index in [0.717, 1.165) is 5.56 Å². The lowest BCUT2D eigenvalue weighted by Crippen LogP contribution is -2.13. The van der Waals surface area contributed by atoms with E-state index in [1.165, 1.54) is 30.5 Å². The molecule has 6 heteroatoms. The van der Waals surface area contributed by atoms with Crippen LogP contribution in [-0.4, -0.2) is 18.5 Å². The number of sulfonamides is 1. The van der Waals surface area contributed by atoms with Crippen LogP contribution >= 0.6 is 0 Å². The highest BCUT2D eigenvalue weighted by Gasteiger charge is 2.16. The molecule has 5 nitrogen and oxygen atoms in total. The van der Waals surface area contributed by atoms with Crippen LogP contribution in [0, 0.1) is 6.92 Å². The second-order valence-corrected chi connectivity index (χ2v) is 5.47. The summed E-state index contributed by atoms with van der Waals surface area (Å²) in [6.45, 7) is 1.87. The minimum absolute atomic E-state index is 0.0851. The molecule has 0 bridgehead atoms. The van der Waals surface area contributed by atoms with E-state index in [2.05, 4.69) is 9.71 Å². The van der Waals surface area contributed by atoms with E-state index in [0.29, 0.717) is 0 Å². The van der Waals surface area contributed by atoms with Gasteiger partial charge in [0.05, 0.1) is 4.90 Å². The molecule has 0 spiro atoms. The fraction of sp³-hybridized carbons (Fsp3) is 0.0833. The molecule has 0 aliphatic carbocycles. The minimum Gasteiger partial charge on any atom is -0.504 e. The number of nitrogens with one attached hydrogen (secondary N) is 1. The lowest BCUT2D eigenvalue weighted by Gasteiger charge is -2.08. The van der Waals surface area contributed by atoms with Crippen molar-refractivity contribution in [3.63, 3.8) is 0 Å². The smallest absolute Gasteiger partial charge is 0.263 e. The van der Waals surface area contributed by atoms with Gasteiger partial charge in [0.1, 0.15) is 0 Å². The average Bonchev–Trinajstić information content (AvgIpc) is 2.32. The summed E-state index contributed by atoms with van der Waals surface area (Å²) < 4.78 is 26.2. The standard InChI is InChI=1S/C12H12N2O3S/c1-9-4-6-10(7-5-9)18(16,17)14-12-11(15)3-2-8-13-12/h2-8,15H,1H3,(H,13,14). The van der Waals surface area contributed by atoms with E-state index < -0.39 is 10.0 Å². The van der Waals surface area contributed by atoms with Crippen LogP contribution in [0.2, 0.25) is 0 Å². The Hall–Kier alpha value is -2.08. The number of anilines is 1. The van der Waals surface area contributed by atoms with Crippen molar-refractivity contribution in [2.45, 2.75) is 11.8 Å². The van der Waals surface area contributed by atoms with E-state index in [1.54, 1.807) is 12.1 Å². The van der Waals surface area contributed by atoms with E-state index in [9.17, 15) is 13.5 Å². The zero-order valence-electron chi connectivity index (χ0n) is 9.66. The molecule has 0 atom stereocenters. The van der Waals surface area contributed by atoms with Crippen LogP contribution in [-0.2, 0) is 10.0 Å². The predicted octanol–water partition coefficient (Wildman–Crippen LogP) is 1.90. The second kappa shape index (κ2) is 4.66. The maximum absolute atomic E-state index is 12.0. The van der Waals surface area contributed by atoms with Crippen LogP contribution in [0.5, 0.6) is 5.75 Å². The molecule has 0 saturated heterocycles. The Morgan fingerprint density at radius 1 is 1.17 bits per heavy atom. The predicted molar refractivity (Wildman–Crippen MR) is 67.9 cm³/mol. The third-order valence-electron chi connectivity index (χ3n) is 2.35. The Labute approximate surface area is 105 Å². The molecule has 2 aromatic rings. The molecule has 1 aromatic carbocycles. The monoisotopic (exact) mass is 264 g/mol. The van der Waals surface area contributed by atoms with Crippen molar-refractivity contribution >= 4 is 15.8 Å². The molecule has 94 valence electrons. The van der Waals surface area contributed by atoms with Gasteiger partial charge in [-0.25, -0.2) is 13.4 Å². The summed E-state index contributed by atoms with van der Waals surface area (Å²) in [5, 5.41) is 9.48. The van der Waals surface area contributed by atoms with Gasteiger partial charge in [0.2, 0.25) is 0 Å². The highest BCUT2D eigenvalue weighted by molar-refractivity contribution is 7.92. The number of pyridine rings is 1. The molecule has 0 aliphatic heterocycles. The summed E-state index contributed by atoms with van der Waals surface area (Å²) in [5.41, 5.74) is 0.967. The molecule has 0 radical (unpaired) electrons. The van der Waals surface area contributed by atoms with Gasteiger partial charge in [0.25, 0.3) is 10.0 Å². The summed E-state index contributed by atoms with van der Waals surface area (Å²) in [5.74, 6) is -0.300. The maximum atomic E-state index is 12.0. The summed E-state index contributed by atoms with van der Waals surface area (Å²) in [6.07, 6.45) is 1.40. The van der Waals surface area contributed by atoms with Crippen molar-refractivity contribution in [2.24, 2.45) is 0 Å². The molecule has 18 heavy (non-hydrogen) atoms. The first-order chi connectivity index (χ1) is 8.49. The number of aromatic nitrogens is 1. The fourth-order valence-electron chi connectivity index (χ4n) is 1.38. The Kier molecular flexibility index (Phi) is 3.20. The van der Waals surface area contributed by atoms with Gasteiger partial charge in [-0.3, -0.25) is 4.72 Å². The van der Waals surface area contributed by atoms with E-state index >= 15 is 0 Å². The van der Waals surface area contributed by atoms with Crippen LogP contribution in [0.4, 0.5) is 5.82 Å². The lowest BCUT2D eigenvalue weighted by molar-refractivity contribution is 0.475. The van der Waals surface area contributed by atoms with Crippen LogP contribution in [0.25, 0.3) is 0 Å². The summed E-state index contributed by atoms with van der Waals surface area (Å²) in [4.78, 5) is 3.89. The number of rotatable bonds is 3. The zero-order chi connectivity index (χ0) is 13.2. The number of aryl methyl sites for hydroxylation is 1. The lowest BCUT2D eigenvalue weighted by atomic mass is 10.2. The Balaban J connectivity index is 2.33. The molecular formula is C12H12N2O3S. The Morgan fingerprint density at radius 3 is 2.44 bits per heavy atom. The van der Waals surface area contributed by atoms with Gasteiger partial charge in [-0.05, 0) is 31.2 Å². The van der Waals surface area contributed by atoms with Crippen LogP contribution < -0.4 is 4.72 Å². The Bertz CT molecular complexity index is 651. The topological polar surface area (TPSA) is 79.3 Å². The van der Waals surface area contributed by atoms with E-state index in [1.807, 2.05) is 6.92 Å². The number of nitrogens with zero attached hydrogens (tertiary/aromatic N) is 1. The third-order valence-corrected chi connectivity index (χ3v) is 3.70. The molecule has 0 amide bonds. The average molecular weight is 264 g/mol. The first kappa shape index (κ1) is 12.4. The normalized spacial score (nSPS) is 11.2. The van der Waals surface area contributed by atoms with Gasteiger partial charge in [0, 0.05) is 6.20 Å². The van der Waals surface area contributed by atoms with Crippen molar-refractivity contribution < 1.29 is 13.5 Å². The van der Waals surface area contributed by atoms with Gasteiger partial charge in [-0.15, -0.1) is 0 Å². The number of hydrogen-bond acceptors (Lipinski definition) is 4. The summed E-state index contributed by atoms with van der Waals surface area (Å²) in [7, 11) is -3.73. The number of hydrogen-bond donors (Lipinski definition) is 2. The molecule has 1 heterocycles. The fourth-order valence-corrected chi connectivity index (χ4v) is 2.40. The van der Waals surface area contributed by atoms with Crippen molar-refractivity contribution in [1.82, 2.24) is 4.98 Å². The summed E-state index contributed by atoms with van der Waals surface area (Å²) in [6, 6.07) is 9.27. The summed E-state index contributed by atoms with van der Waals surface area (Å²) >= 11 is 0. The van der Waals surface area contributed by atoms with E-state index in [4.69, 9.17) is 0 Å². The van der Waals surface area contributed by atoms with Gasteiger partial charge in [0.15, 0.2) is 11.6 Å². The molecule has 0 unspecified atom stereocenters. The number of aromatic hydroxyl groups is 1. The van der Waals surface area contributed by atoms with Gasteiger partial charge < -0.3 is 5.11 Å². The molecular weight excluding hydrogens is 252 g/mol. The van der Waals surface area contributed by atoms with Crippen molar-refractivity contribution in [1.29, 1.82) is 0 Å². The van der Waals surface area contributed by atoms with Crippen molar-refractivity contribution in [2.75, 3.05) is 4.72 Å². The quantitative estimate of drug-likeness (QED) is 0.887. The van der Waals surface area contributed by atoms with Crippen LogP contribution in [0.3, 0.4) is 0 Å².